The minimum Gasteiger partial charge on any atom is -0.488 e. The van der Waals surface area contributed by atoms with Crippen molar-refractivity contribution in [2.45, 2.75) is 12.5 Å². The maximum atomic E-state index is 5.93. The van der Waals surface area contributed by atoms with Crippen LogP contribution in [0, 0.1) is 0 Å². The first-order valence-electron chi connectivity index (χ1n) is 5.44. The highest BCUT2D eigenvalue weighted by atomic mass is 35.5. The van der Waals surface area contributed by atoms with Gasteiger partial charge in [0, 0.05) is 31.6 Å². The molecule has 0 spiro atoms. The van der Waals surface area contributed by atoms with Crippen molar-refractivity contribution in [3.63, 3.8) is 0 Å². The highest BCUT2D eigenvalue weighted by molar-refractivity contribution is 6.30. The molecule has 3 nitrogen and oxygen atoms in total. The highest BCUT2D eigenvalue weighted by Gasteiger charge is 2.22. The zero-order chi connectivity index (χ0) is 11.4. The van der Waals surface area contributed by atoms with Gasteiger partial charge in [-0.25, -0.2) is 0 Å². The zero-order valence-corrected chi connectivity index (χ0v) is 10.1. The average Bonchev–Trinajstić information content (AvgIpc) is 2.66. The van der Waals surface area contributed by atoms with E-state index >= 15 is 0 Å². The standard InChI is InChI=1S/C12H16ClNO2/c1-15-5-4-14-8-11-7-9-6-10(13)2-3-12(9)16-11/h2-3,6,11,14H,4-5,7-8H2,1H3. The molecule has 0 aromatic heterocycles. The van der Waals surface area contributed by atoms with Crippen molar-refractivity contribution < 1.29 is 9.47 Å². The Labute approximate surface area is 101 Å². The first kappa shape index (κ1) is 11.7. The van der Waals surface area contributed by atoms with Gasteiger partial charge in [0.2, 0.25) is 0 Å². The van der Waals surface area contributed by atoms with Crippen LogP contribution in [-0.2, 0) is 11.2 Å². The van der Waals surface area contributed by atoms with Gasteiger partial charge in [-0.05, 0) is 23.8 Å². The van der Waals surface area contributed by atoms with E-state index in [0.29, 0.717) is 0 Å². The molecule has 0 radical (unpaired) electrons. The predicted octanol–water partition coefficient (Wildman–Crippen LogP) is 1.88. The number of benzene rings is 1. The lowest BCUT2D eigenvalue weighted by Crippen LogP contribution is -2.32. The minimum absolute atomic E-state index is 0.213. The number of fused-ring (bicyclic) bond motifs is 1. The lowest BCUT2D eigenvalue weighted by Gasteiger charge is -2.11. The molecule has 16 heavy (non-hydrogen) atoms. The van der Waals surface area contributed by atoms with E-state index in [4.69, 9.17) is 21.1 Å². The molecule has 0 aliphatic carbocycles. The van der Waals surface area contributed by atoms with Crippen molar-refractivity contribution in [2.24, 2.45) is 0 Å². The summed E-state index contributed by atoms with van der Waals surface area (Å²) in [6.07, 6.45) is 1.14. The van der Waals surface area contributed by atoms with Crippen LogP contribution in [0.25, 0.3) is 0 Å². The maximum Gasteiger partial charge on any atom is 0.123 e. The second-order valence-electron chi connectivity index (χ2n) is 3.89. The molecule has 1 aromatic carbocycles. The van der Waals surface area contributed by atoms with Gasteiger partial charge in [0.05, 0.1) is 6.61 Å². The third-order valence-corrected chi connectivity index (χ3v) is 2.85. The summed E-state index contributed by atoms with van der Waals surface area (Å²) < 4.78 is 10.7. The summed E-state index contributed by atoms with van der Waals surface area (Å²) in [5.74, 6) is 0.961. The third kappa shape index (κ3) is 2.88. The molecule has 4 heteroatoms. The van der Waals surface area contributed by atoms with E-state index in [2.05, 4.69) is 5.32 Å². The molecule has 0 saturated heterocycles. The van der Waals surface area contributed by atoms with Crippen LogP contribution >= 0.6 is 11.6 Å². The van der Waals surface area contributed by atoms with Crippen LogP contribution in [0.15, 0.2) is 18.2 Å². The molecule has 1 N–H and O–H groups in total. The van der Waals surface area contributed by atoms with Gasteiger partial charge in [0.25, 0.3) is 0 Å². The van der Waals surface area contributed by atoms with Crippen molar-refractivity contribution in [1.29, 1.82) is 0 Å². The van der Waals surface area contributed by atoms with Crippen molar-refractivity contribution in [1.82, 2.24) is 5.32 Å². The van der Waals surface area contributed by atoms with Crippen LogP contribution in [-0.4, -0.2) is 32.9 Å². The van der Waals surface area contributed by atoms with Crippen LogP contribution in [0.5, 0.6) is 5.75 Å². The Bertz CT molecular complexity index is 357. The molecular weight excluding hydrogens is 226 g/mol. The molecule has 0 saturated carbocycles. The van der Waals surface area contributed by atoms with E-state index in [9.17, 15) is 0 Å². The highest BCUT2D eigenvalue weighted by Crippen LogP contribution is 2.30. The number of rotatable bonds is 5. The van der Waals surface area contributed by atoms with E-state index in [0.717, 1.165) is 36.9 Å². The maximum absolute atomic E-state index is 5.93. The molecule has 1 aromatic rings. The fourth-order valence-corrected chi connectivity index (χ4v) is 2.03. The van der Waals surface area contributed by atoms with Crippen molar-refractivity contribution >= 4 is 11.6 Å². The molecule has 1 heterocycles. The van der Waals surface area contributed by atoms with Crippen molar-refractivity contribution in [3.8, 4) is 5.75 Å². The van der Waals surface area contributed by atoms with E-state index in [1.165, 1.54) is 5.56 Å². The van der Waals surface area contributed by atoms with Gasteiger partial charge in [-0.1, -0.05) is 11.6 Å². The Balaban J connectivity index is 1.81. The van der Waals surface area contributed by atoms with E-state index in [-0.39, 0.29) is 6.10 Å². The number of ether oxygens (including phenoxy) is 2. The summed E-state index contributed by atoms with van der Waals surface area (Å²) in [7, 11) is 1.70. The van der Waals surface area contributed by atoms with Crippen LogP contribution in [0.4, 0.5) is 0 Å². The molecule has 1 atom stereocenters. The largest absolute Gasteiger partial charge is 0.488 e. The second kappa shape index (κ2) is 5.53. The molecule has 1 aliphatic rings. The molecular formula is C12H16ClNO2. The lowest BCUT2D eigenvalue weighted by atomic mass is 10.1. The number of halogens is 1. The Hall–Kier alpha value is -0.770. The van der Waals surface area contributed by atoms with Gasteiger partial charge >= 0.3 is 0 Å². The average molecular weight is 242 g/mol. The monoisotopic (exact) mass is 241 g/mol. The molecule has 88 valence electrons. The van der Waals surface area contributed by atoms with E-state index in [1.807, 2.05) is 18.2 Å². The third-order valence-electron chi connectivity index (χ3n) is 2.62. The SMILES string of the molecule is COCCNCC1Cc2cc(Cl)ccc2O1. The van der Waals surface area contributed by atoms with E-state index < -0.39 is 0 Å². The Morgan fingerprint density at radius 2 is 2.44 bits per heavy atom. The smallest absolute Gasteiger partial charge is 0.123 e. The second-order valence-corrected chi connectivity index (χ2v) is 4.33. The Morgan fingerprint density at radius 3 is 3.25 bits per heavy atom. The molecule has 1 aliphatic heterocycles. The van der Waals surface area contributed by atoms with Crippen molar-refractivity contribution in [3.05, 3.63) is 28.8 Å². The molecule has 0 bridgehead atoms. The Morgan fingerprint density at radius 1 is 1.56 bits per heavy atom. The van der Waals surface area contributed by atoms with Gasteiger partial charge in [-0.15, -0.1) is 0 Å². The molecule has 1 unspecified atom stereocenters. The number of nitrogens with one attached hydrogen (secondary N) is 1. The summed E-state index contributed by atoms with van der Waals surface area (Å²) >= 11 is 5.93. The molecule has 0 amide bonds. The first-order chi connectivity index (χ1) is 7.79. The number of methoxy groups -OCH3 is 1. The lowest BCUT2D eigenvalue weighted by molar-refractivity contribution is 0.186. The van der Waals surface area contributed by atoms with Crippen molar-refractivity contribution in [2.75, 3.05) is 26.8 Å². The fraction of sp³-hybridized carbons (Fsp3) is 0.500. The fourth-order valence-electron chi connectivity index (χ4n) is 1.84. The van der Waals surface area contributed by atoms with Crippen LogP contribution in [0.3, 0.4) is 0 Å². The summed E-state index contributed by atoms with van der Waals surface area (Å²) in [5, 5.41) is 4.07. The van der Waals surface area contributed by atoms with Gasteiger partial charge in [-0.2, -0.15) is 0 Å². The van der Waals surface area contributed by atoms with Gasteiger partial charge in [0.1, 0.15) is 11.9 Å². The van der Waals surface area contributed by atoms with Gasteiger partial charge in [-0.3, -0.25) is 0 Å². The quantitative estimate of drug-likeness (QED) is 0.799. The minimum atomic E-state index is 0.213. The van der Waals surface area contributed by atoms with Crippen LogP contribution in [0.2, 0.25) is 5.02 Å². The molecule has 2 rings (SSSR count). The topological polar surface area (TPSA) is 30.5 Å². The first-order valence-corrected chi connectivity index (χ1v) is 5.82. The Kier molecular flexibility index (Phi) is 4.04. The zero-order valence-electron chi connectivity index (χ0n) is 9.33. The van der Waals surface area contributed by atoms with E-state index in [1.54, 1.807) is 7.11 Å². The predicted molar refractivity (Wildman–Crippen MR) is 64.3 cm³/mol. The molecule has 0 fully saturated rings. The van der Waals surface area contributed by atoms with Crippen LogP contribution in [0.1, 0.15) is 5.56 Å². The summed E-state index contributed by atoms with van der Waals surface area (Å²) in [5.41, 5.74) is 1.20. The van der Waals surface area contributed by atoms with Crippen LogP contribution < -0.4 is 10.1 Å². The van der Waals surface area contributed by atoms with Gasteiger partial charge < -0.3 is 14.8 Å². The normalized spacial score (nSPS) is 18.2. The summed E-state index contributed by atoms with van der Waals surface area (Å²) in [4.78, 5) is 0. The number of hydrogen-bond donors (Lipinski definition) is 1. The number of hydrogen-bond acceptors (Lipinski definition) is 3. The van der Waals surface area contributed by atoms with Gasteiger partial charge in [0.15, 0.2) is 0 Å². The summed E-state index contributed by atoms with van der Waals surface area (Å²) in [6, 6.07) is 5.78. The summed E-state index contributed by atoms with van der Waals surface area (Å²) in [6.45, 7) is 2.43.